The van der Waals surface area contributed by atoms with E-state index in [4.69, 9.17) is 0 Å². The third-order valence-corrected chi connectivity index (χ3v) is 5.55. The van der Waals surface area contributed by atoms with Gasteiger partial charge in [-0.2, -0.15) is 5.10 Å². The van der Waals surface area contributed by atoms with E-state index in [9.17, 15) is 0 Å². The molecule has 5 heteroatoms. The predicted octanol–water partition coefficient (Wildman–Crippen LogP) is 5.75. The topological polar surface area (TPSA) is 70.2 Å². The molecule has 0 amide bonds. The van der Waals surface area contributed by atoms with Crippen molar-refractivity contribution in [1.82, 2.24) is 25.1 Å². The van der Waals surface area contributed by atoms with Crippen LogP contribution in [0.5, 0.6) is 0 Å². The van der Waals surface area contributed by atoms with Gasteiger partial charge in [0.1, 0.15) is 5.69 Å². The molecule has 0 spiro atoms. The largest absolute Gasteiger partial charge is 0.357 e. The number of rotatable bonds is 6. The first-order chi connectivity index (χ1) is 17.0. The molecular weight excluding hydrogens is 430 g/mol. The number of aromatic amines is 2. The van der Waals surface area contributed by atoms with Gasteiger partial charge < -0.3 is 4.98 Å². The maximum Gasteiger partial charge on any atom is 0.116 e. The predicted molar refractivity (Wildman–Crippen MR) is 148 cm³/mol. The van der Waals surface area contributed by atoms with E-state index >= 15 is 0 Å². The molecular formula is C30H33N5. The van der Waals surface area contributed by atoms with E-state index in [0.29, 0.717) is 0 Å². The van der Waals surface area contributed by atoms with Crippen LogP contribution in [0, 0.1) is 13.8 Å². The fourth-order valence-corrected chi connectivity index (χ4v) is 3.76. The SMILES string of the molecule is C=C/C=C(/c1cccnc1)c1cc(-c2n[nH]/c(=C/C=C(\C)c3cncc(C)c3)c2=C)[nH]c1C.CC. The summed E-state index contributed by atoms with van der Waals surface area (Å²) in [6.45, 7) is 18.3. The Morgan fingerprint density at radius 1 is 1.00 bits per heavy atom. The summed E-state index contributed by atoms with van der Waals surface area (Å²) in [5.74, 6) is 0. The van der Waals surface area contributed by atoms with Crippen LogP contribution in [0.3, 0.4) is 0 Å². The van der Waals surface area contributed by atoms with Crippen molar-refractivity contribution < 1.29 is 0 Å². The molecule has 0 atom stereocenters. The molecule has 0 aliphatic carbocycles. The van der Waals surface area contributed by atoms with Crippen LogP contribution in [0.4, 0.5) is 0 Å². The number of nitrogens with one attached hydrogen (secondary N) is 2. The molecule has 0 aliphatic rings. The molecule has 4 heterocycles. The summed E-state index contributed by atoms with van der Waals surface area (Å²) in [6, 6.07) is 8.20. The Morgan fingerprint density at radius 3 is 2.46 bits per heavy atom. The van der Waals surface area contributed by atoms with E-state index in [-0.39, 0.29) is 0 Å². The molecule has 0 bridgehead atoms. The molecule has 0 unspecified atom stereocenters. The minimum absolute atomic E-state index is 0.794. The van der Waals surface area contributed by atoms with E-state index < -0.39 is 0 Å². The zero-order chi connectivity index (χ0) is 25.4. The summed E-state index contributed by atoms with van der Waals surface area (Å²) in [5, 5.41) is 9.36. The molecule has 35 heavy (non-hydrogen) atoms. The molecule has 5 nitrogen and oxygen atoms in total. The standard InChI is InChI=1S/C28H27N5.C2H6/c1-6-8-24(22-9-7-12-29-16-22)25-14-27(31-21(25)5)28-20(4)26(32-33-28)11-10-19(3)23-13-18(2)15-30-17-23;1-2/h6-17,31-32H,1,4H2,2-3,5H3;1-2H3/b19-10+,24-8-,26-11+;. The lowest BCUT2D eigenvalue weighted by Gasteiger charge is -2.06. The minimum Gasteiger partial charge on any atom is -0.357 e. The highest BCUT2D eigenvalue weighted by atomic mass is 15.1. The van der Waals surface area contributed by atoms with Gasteiger partial charge in [0.2, 0.25) is 0 Å². The Morgan fingerprint density at radius 2 is 1.77 bits per heavy atom. The van der Waals surface area contributed by atoms with Gasteiger partial charge in [-0.15, -0.1) is 0 Å². The lowest BCUT2D eigenvalue weighted by atomic mass is 9.99. The molecule has 0 saturated heterocycles. The number of aryl methyl sites for hydroxylation is 2. The van der Waals surface area contributed by atoms with E-state index in [0.717, 1.165) is 61.0 Å². The maximum absolute atomic E-state index is 4.54. The molecule has 2 N–H and O–H groups in total. The second kappa shape index (κ2) is 11.7. The van der Waals surface area contributed by atoms with Crippen molar-refractivity contribution in [1.29, 1.82) is 0 Å². The van der Waals surface area contributed by atoms with Crippen LogP contribution < -0.4 is 10.6 Å². The highest BCUT2D eigenvalue weighted by Gasteiger charge is 2.14. The van der Waals surface area contributed by atoms with Crippen molar-refractivity contribution in [3.63, 3.8) is 0 Å². The van der Waals surface area contributed by atoms with Gasteiger partial charge in [-0.25, -0.2) is 0 Å². The average Bonchev–Trinajstić information content (AvgIpc) is 3.44. The van der Waals surface area contributed by atoms with Gasteiger partial charge in [0.25, 0.3) is 0 Å². The molecule has 4 rings (SSSR count). The Labute approximate surface area is 207 Å². The van der Waals surface area contributed by atoms with Crippen molar-refractivity contribution in [3.05, 3.63) is 112 Å². The first kappa shape index (κ1) is 25.4. The Hall–Kier alpha value is -4.25. The zero-order valence-electron chi connectivity index (χ0n) is 21.2. The monoisotopic (exact) mass is 463 g/mol. The number of nitrogens with zero attached hydrogens (tertiary/aromatic N) is 3. The summed E-state index contributed by atoms with van der Waals surface area (Å²) in [6.07, 6.45) is 15.2. The van der Waals surface area contributed by atoms with Crippen LogP contribution >= 0.6 is 0 Å². The van der Waals surface area contributed by atoms with Crippen LogP contribution in [0.25, 0.3) is 35.2 Å². The van der Waals surface area contributed by atoms with E-state index in [1.54, 1.807) is 12.3 Å². The minimum atomic E-state index is 0.794. The number of allylic oxidation sites excluding steroid dienone is 4. The number of pyridine rings is 2. The smallest absolute Gasteiger partial charge is 0.116 e. The first-order valence-corrected chi connectivity index (χ1v) is 11.8. The molecule has 0 aromatic carbocycles. The Balaban J connectivity index is 0.00000167. The van der Waals surface area contributed by atoms with Crippen molar-refractivity contribution >= 4 is 23.8 Å². The van der Waals surface area contributed by atoms with Gasteiger partial charge in [0.05, 0.1) is 11.0 Å². The Bertz CT molecular complexity index is 1470. The summed E-state index contributed by atoms with van der Waals surface area (Å²) in [5.41, 5.74) is 9.25. The fourth-order valence-electron chi connectivity index (χ4n) is 3.76. The van der Waals surface area contributed by atoms with E-state index in [1.165, 1.54) is 0 Å². The lowest BCUT2D eigenvalue weighted by molar-refractivity contribution is 1.06. The van der Waals surface area contributed by atoms with E-state index in [2.05, 4.69) is 70.4 Å². The number of aromatic nitrogens is 5. The second-order valence-electron chi connectivity index (χ2n) is 8.01. The van der Waals surface area contributed by atoms with Gasteiger partial charge in [-0.05, 0) is 67.3 Å². The van der Waals surface area contributed by atoms with Crippen LogP contribution in [0.1, 0.15) is 48.7 Å². The fraction of sp³-hybridized carbons (Fsp3) is 0.167. The molecule has 0 radical (unpaired) electrons. The number of hydrogen-bond donors (Lipinski definition) is 2. The quantitative estimate of drug-likeness (QED) is 0.358. The van der Waals surface area contributed by atoms with Crippen molar-refractivity contribution in [2.75, 3.05) is 0 Å². The summed E-state index contributed by atoms with van der Waals surface area (Å²) in [7, 11) is 0. The number of H-pyrrole nitrogens is 2. The maximum atomic E-state index is 4.54. The summed E-state index contributed by atoms with van der Waals surface area (Å²) in [4.78, 5) is 12.0. The lowest BCUT2D eigenvalue weighted by Crippen LogP contribution is -2.21. The van der Waals surface area contributed by atoms with Crippen molar-refractivity contribution in [3.8, 4) is 11.4 Å². The second-order valence-corrected chi connectivity index (χ2v) is 8.01. The van der Waals surface area contributed by atoms with Gasteiger partial charge >= 0.3 is 0 Å². The average molecular weight is 464 g/mol. The van der Waals surface area contributed by atoms with Crippen LogP contribution in [0.2, 0.25) is 0 Å². The van der Waals surface area contributed by atoms with Crippen molar-refractivity contribution in [2.24, 2.45) is 0 Å². The molecule has 4 aromatic rings. The normalized spacial score (nSPS) is 12.3. The Kier molecular flexibility index (Phi) is 8.52. The zero-order valence-corrected chi connectivity index (χ0v) is 21.2. The molecule has 0 fully saturated rings. The molecule has 0 saturated carbocycles. The highest BCUT2D eigenvalue weighted by Crippen LogP contribution is 2.29. The molecule has 0 aliphatic heterocycles. The third-order valence-electron chi connectivity index (χ3n) is 5.55. The van der Waals surface area contributed by atoms with Crippen LogP contribution in [-0.2, 0) is 0 Å². The third kappa shape index (κ3) is 5.82. The van der Waals surface area contributed by atoms with Gasteiger partial charge in [0, 0.05) is 46.8 Å². The van der Waals surface area contributed by atoms with Crippen LogP contribution in [0.15, 0.2) is 73.9 Å². The summed E-state index contributed by atoms with van der Waals surface area (Å²) >= 11 is 0. The summed E-state index contributed by atoms with van der Waals surface area (Å²) < 4.78 is 0. The van der Waals surface area contributed by atoms with Gasteiger partial charge in [-0.3, -0.25) is 15.1 Å². The highest BCUT2D eigenvalue weighted by molar-refractivity contribution is 5.83. The molecule has 4 aromatic heterocycles. The first-order valence-electron chi connectivity index (χ1n) is 11.8. The van der Waals surface area contributed by atoms with Crippen molar-refractivity contribution in [2.45, 2.75) is 34.6 Å². The van der Waals surface area contributed by atoms with E-state index in [1.807, 2.05) is 63.6 Å². The van der Waals surface area contributed by atoms with Gasteiger partial charge in [0.15, 0.2) is 0 Å². The van der Waals surface area contributed by atoms with Crippen LogP contribution in [-0.4, -0.2) is 25.1 Å². The molecule has 178 valence electrons. The number of hydrogen-bond acceptors (Lipinski definition) is 3. The van der Waals surface area contributed by atoms with Gasteiger partial charge in [-0.1, -0.05) is 51.3 Å².